The van der Waals surface area contributed by atoms with Crippen molar-refractivity contribution in [1.82, 2.24) is 19.6 Å². The molecule has 20 heavy (non-hydrogen) atoms. The van der Waals surface area contributed by atoms with E-state index in [0.29, 0.717) is 0 Å². The molecule has 2 aromatic carbocycles. The molecule has 4 heteroatoms. The summed E-state index contributed by atoms with van der Waals surface area (Å²) in [5.74, 6) is 0.818. The summed E-state index contributed by atoms with van der Waals surface area (Å²) in [7, 11) is 0. The summed E-state index contributed by atoms with van der Waals surface area (Å²) in [5.41, 5.74) is 4.04. The highest BCUT2D eigenvalue weighted by molar-refractivity contribution is 5.91. The maximum absolute atomic E-state index is 4.47. The Morgan fingerprint density at radius 1 is 0.900 bits per heavy atom. The second-order valence-electron chi connectivity index (χ2n) is 4.84. The van der Waals surface area contributed by atoms with E-state index in [4.69, 9.17) is 0 Å². The molecule has 4 rings (SSSR count). The van der Waals surface area contributed by atoms with Crippen molar-refractivity contribution in [1.29, 1.82) is 0 Å². The second kappa shape index (κ2) is 4.13. The standard InChI is InChI=1S/C16H12N4/c1-11-6-8-12(9-7-11)15-18-19-16-13-4-2-3-5-14(13)17-10-20(15)16/h2-10H,1H3. The predicted molar refractivity (Wildman–Crippen MR) is 78.5 cm³/mol. The van der Waals surface area contributed by atoms with Crippen LogP contribution in [0.25, 0.3) is 27.9 Å². The van der Waals surface area contributed by atoms with E-state index >= 15 is 0 Å². The molecule has 0 unspecified atom stereocenters. The van der Waals surface area contributed by atoms with Crippen LogP contribution in [0.4, 0.5) is 0 Å². The molecule has 0 aliphatic carbocycles. The lowest BCUT2D eigenvalue weighted by Gasteiger charge is -2.02. The molecule has 0 saturated carbocycles. The van der Waals surface area contributed by atoms with E-state index in [2.05, 4.69) is 46.4 Å². The molecule has 2 aromatic heterocycles. The molecule has 2 heterocycles. The van der Waals surface area contributed by atoms with Gasteiger partial charge < -0.3 is 0 Å². The number of aromatic nitrogens is 4. The van der Waals surface area contributed by atoms with Crippen molar-refractivity contribution >= 4 is 16.6 Å². The first-order valence-electron chi connectivity index (χ1n) is 6.48. The molecule has 0 N–H and O–H groups in total. The van der Waals surface area contributed by atoms with E-state index in [1.165, 1.54) is 5.56 Å². The maximum atomic E-state index is 4.47. The number of hydrogen-bond donors (Lipinski definition) is 0. The molecule has 0 amide bonds. The van der Waals surface area contributed by atoms with Crippen molar-refractivity contribution in [2.45, 2.75) is 6.92 Å². The summed E-state index contributed by atoms with van der Waals surface area (Å²) in [5, 5.41) is 9.65. The third-order valence-corrected chi connectivity index (χ3v) is 3.46. The quantitative estimate of drug-likeness (QED) is 0.527. The molecule has 0 aliphatic rings. The fourth-order valence-electron chi connectivity index (χ4n) is 2.38. The fourth-order valence-corrected chi connectivity index (χ4v) is 2.38. The SMILES string of the molecule is Cc1ccc(-c2nnc3c4ccccc4ncn23)cc1. The van der Waals surface area contributed by atoms with Gasteiger partial charge >= 0.3 is 0 Å². The molecular formula is C16H12N4. The second-order valence-corrected chi connectivity index (χ2v) is 4.84. The summed E-state index contributed by atoms with van der Waals surface area (Å²) >= 11 is 0. The minimum Gasteiger partial charge on any atom is -0.265 e. The van der Waals surface area contributed by atoms with Crippen LogP contribution < -0.4 is 0 Å². The molecule has 4 aromatic rings. The molecular weight excluding hydrogens is 248 g/mol. The van der Waals surface area contributed by atoms with Crippen molar-refractivity contribution in [2.24, 2.45) is 0 Å². The Bertz CT molecular complexity index is 907. The first kappa shape index (κ1) is 11.1. The Hall–Kier alpha value is -2.75. The number of hydrogen-bond acceptors (Lipinski definition) is 3. The van der Waals surface area contributed by atoms with Crippen LogP contribution in [0, 0.1) is 6.92 Å². The van der Waals surface area contributed by atoms with E-state index in [1.807, 2.05) is 28.7 Å². The van der Waals surface area contributed by atoms with Crippen molar-refractivity contribution in [3.8, 4) is 11.4 Å². The average Bonchev–Trinajstić information content (AvgIpc) is 2.92. The lowest BCUT2D eigenvalue weighted by Crippen LogP contribution is -1.92. The Morgan fingerprint density at radius 2 is 1.70 bits per heavy atom. The van der Waals surface area contributed by atoms with Gasteiger partial charge in [0.1, 0.15) is 6.33 Å². The van der Waals surface area contributed by atoms with Gasteiger partial charge in [0.15, 0.2) is 11.5 Å². The Labute approximate surface area is 115 Å². The largest absolute Gasteiger partial charge is 0.265 e. The van der Waals surface area contributed by atoms with Crippen LogP contribution in [0.2, 0.25) is 0 Å². The normalized spacial score (nSPS) is 11.2. The van der Waals surface area contributed by atoms with E-state index < -0.39 is 0 Å². The topological polar surface area (TPSA) is 43.1 Å². The van der Waals surface area contributed by atoms with Gasteiger partial charge in [-0.3, -0.25) is 4.40 Å². The Balaban J connectivity index is 2.02. The molecule has 0 fully saturated rings. The summed E-state index contributed by atoms with van der Waals surface area (Å²) in [6.07, 6.45) is 1.78. The zero-order valence-corrected chi connectivity index (χ0v) is 11.0. The van der Waals surface area contributed by atoms with Gasteiger partial charge in [0.2, 0.25) is 0 Å². The van der Waals surface area contributed by atoms with E-state index in [0.717, 1.165) is 27.9 Å². The zero-order chi connectivity index (χ0) is 13.5. The van der Waals surface area contributed by atoms with Crippen molar-refractivity contribution in [2.75, 3.05) is 0 Å². The van der Waals surface area contributed by atoms with Crippen LogP contribution in [0.15, 0.2) is 54.9 Å². The minimum atomic E-state index is 0.818. The van der Waals surface area contributed by atoms with Crippen LogP contribution >= 0.6 is 0 Å². The van der Waals surface area contributed by atoms with Gasteiger partial charge in [0.25, 0.3) is 0 Å². The highest BCUT2D eigenvalue weighted by atomic mass is 15.3. The van der Waals surface area contributed by atoms with Gasteiger partial charge in [-0.05, 0) is 19.1 Å². The number of nitrogens with zero attached hydrogens (tertiary/aromatic N) is 4. The highest BCUT2D eigenvalue weighted by Gasteiger charge is 2.10. The van der Waals surface area contributed by atoms with Crippen LogP contribution in [-0.2, 0) is 0 Å². The molecule has 0 spiro atoms. The summed E-state index contributed by atoms with van der Waals surface area (Å²) in [6, 6.07) is 16.2. The number of fused-ring (bicyclic) bond motifs is 3. The summed E-state index contributed by atoms with van der Waals surface area (Å²) < 4.78 is 1.94. The first-order valence-corrected chi connectivity index (χ1v) is 6.48. The molecule has 96 valence electrons. The molecule has 0 saturated heterocycles. The van der Waals surface area contributed by atoms with E-state index in [-0.39, 0.29) is 0 Å². The van der Waals surface area contributed by atoms with Crippen molar-refractivity contribution < 1.29 is 0 Å². The van der Waals surface area contributed by atoms with E-state index in [9.17, 15) is 0 Å². The maximum Gasteiger partial charge on any atom is 0.171 e. The highest BCUT2D eigenvalue weighted by Crippen LogP contribution is 2.22. The minimum absolute atomic E-state index is 0.818. The number of para-hydroxylation sites is 1. The number of rotatable bonds is 1. The predicted octanol–water partition coefficient (Wildman–Crippen LogP) is 3.25. The lowest BCUT2D eigenvalue weighted by molar-refractivity contribution is 1.09. The van der Waals surface area contributed by atoms with Crippen LogP contribution in [0.5, 0.6) is 0 Å². The Morgan fingerprint density at radius 3 is 2.55 bits per heavy atom. The first-order chi connectivity index (χ1) is 9.83. The van der Waals surface area contributed by atoms with Crippen molar-refractivity contribution in [3.63, 3.8) is 0 Å². The van der Waals surface area contributed by atoms with Gasteiger partial charge in [0, 0.05) is 10.9 Å². The van der Waals surface area contributed by atoms with E-state index in [1.54, 1.807) is 6.33 Å². The number of aryl methyl sites for hydroxylation is 1. The monoisotopic (exact) mass is 260 g/mol. The molecule has 0 atom stereocenters. The Kier molecular flexibility index (Phi) is 2.29. The lowest BCUT2D eigenvalue weighted by atomic mass is 10.1. The van der Waals surface area contributed by atoms with Gasteiger partial charge in [-0.2, -0.15) is 0 Å². The molecule has 0 aliphatic heterocycles. The van der Waals surface area contributed by atoms with Gasteiger partial charge in [-0.15, -0.1) is 10.2 Å². The van der Waals surface area contributed by atoms with Gasteiger partial charge in [-0.1, -0.05) is 42.0 Å². The number of benzene rings is 2. The average molecular weight is 260 g/mol. The molecule has 4 nitrogen and oxygen atoms in total. The van der Waals surface area contributed by atoms with Crippen molar-refractivity contribution in [3.05, 3.63) is 60.4 Å². The van der Waals surface area contributed by atoms with Gasteiger partial charge in [0.05, 0.1) is 5.52 Å². The smallest absolute Gasteiger partial charge is 0.171 e. The fraction of sp³-hybridized carbons (Fsp3) is 0.0625. The van der Waals surface area contributed by atoms with Crippen LogP contribution in [0.1, 0.15) is 5.56 Å². The third-order valence-electron chi connectivity index (χ3n) is 3.46. The summed E-state index contributed by atoms with van der Waals surface area (Å²) in [6.45, 7) is 2.07. The summed E-state index contributed by atoms with van der Waals surface area (Å²) in [4.78, 5) is 4.47. The molecule has 0 bridgehead atoms. The van der Waals surface area contributed by atoms with Gasteiger partial charge in [-0.25, -0.2) is 4.98 Å². The molecule has 0 radical (unpaired) electrons. The van der Waals surface area contributed by atoms with Crippen LogP contribution in [-0.4, -0.2) is 19.6 Å². The van der Waals surface area contributed by atoms with Crippen LogP contribution in [0.3, 0.4) is 0 Å². The zero-order valence-electron chi connectivity index (χ0n) is 11.0. The third kappa shape index (κ3) is 1.58.